The predicted octanol–water partition coefficient (Wildman–Crippen LogP) is 3.90. The summed E-state index contributed by atoms with van der Waals surface area (Å²) in [5, 5.41) is 0. The summed E-state index contributed by atoms with van der Waals surface area (Å²) in [6, 6.07) is 13.5. The third-order valence-corrected chi connectivity index (χ3v) is 3.11. The molecule has 0 N–H and O–H groups in total. The molecule has 0 heterocycles. The van der Waals surface area contributed by atoms with Crippen molar-refractivity contribution in [2.45, 2.75) is 20.3 Å². The molecule has 114 valence electrons. The lowest BCUT2D eigenvalue weighted by atomic mass is 10.1. The summed E-state index contributed by atoms with van der Waals surface area (Å²) in [6.45, 7) is 4.13. The smallest absolute Gasteiger partial charge is 0.347 e. The topological polar surface area (TPSA) is 52.6 Å². The highest BCUT2D eigenvalue weighted by molar-refractivity contribution is 5.96. The lowest BCUT2D eigenvalue weighted by Crippen LogP contribution is -2.11. The van der Waals surface area contributed by atoms with Crippen LogP contribution < -0.4 is 9.47 Å². The summed E-state index contributed by atoms with van der Waals surface area (Å²) in [5.74, 6) is 0.454. The number of rotatable bonds is 6. The molecule has 4 heteroatoms. The number of ether oxygens (including phenoxy) is 2. The largest absolute Gasteiger partial charge is 0.493 e. The van der Waals surface area contributed by atoms with Gasteiger partial charge in [-0.1, -0.05) is 19.1 Å². The van der Waals surface area contributed by atoms with Crippen molar-refractivity contribution >= 4 is 11.8 Å². The van der Waals surface area contributed by atoms with Gasteiger partial charge >= 0.3 is 5.97 Å². The van der Waals surface area contributed by atoms with Crippen molar-refractivity contribution in [3.05, 3.63) is 59.7 Å². The fourth-order valence-electron chi connectivity index (χ4n) is 1.99. The quantitative estimate of drug-likeness (QED) is 0.461. The summed E-state index contributed by atoms with van der Waals surface area (Å²) in [6.07, 6.45) is 0.445. The number of carbonyl (C=O) groups is 2. The van der Waals surface area contributed by atoms with Gasteiger partial charge in [-0.25, -0.2) is 4.79 Å². The Labute approximate surface area is 129 Å². The zero-order chi connectivity index (χ0) is 15.9. The van der Waals surface area contributed by atoms with Gasteiger partial charge in [0.25, 0.3) is 0 Å². The van der Waals surface area contributed by atoms with Gasteiger partial charge in [0, 0.05) is 12.0 Å². The second-order valence-electron chi connectivity index (χ2n) is 4.62. The van der Waals surface area contributed by atoms with Crippen LogP contribution in [0.25, 0.3) is 0 Å². The molecule has 22 heavy (non-hydrogen) atoms. The normalized spacial score (nSPS) is 10.1. The highest BCUT2D eigenvalue weighted by Crippen LogP contribution is 2.21. The van der Waals surface area contributed by atoms with E-state index < -0.39 is 5.97 Å². The van der Waals surface area contributed by atoms with E-state index in [1.165, 1.54) is 0 Å². The molecule has 2 aromatic rings. The average Bonchev–Trinajstić information content (AvgIpc) is 2.55. The third-order valence-electron chi connectivity index (χ3n) is 3.11. The first-order chi connectivity index (χ1) is 10.7. The number of esters is 1. The van der Waals surface area contributed by atoms with Crippen molar-refractivity contribution < 1.29 is 19.1 Å². The number of benzene rings is 2. The fourth-order valence-corrected chi connectivity index (χ4v) is 1.99. The van der Waals surface area contributed by atoms with Crippen LogP contribution in [0.3, 0.4) is 0 Å². The Morgan fingerprint density at radius 2 is 1.64 bits per heavy atom. The number of para-hydroxylation sites is 1. The average molecular weight is 298 g/mol. The zero-order valence-corrected chi connectivity index (χ0v) is 12.7. The summed E-state index contributed by atoms with van der Waals surface area (Å²) in [4.78, 5) is 23.8. The minimum Gasteiger partial charge on any atom is -0.493 e. The summed E-state index contributed by atoms with van der Waals surface area (Å²) in [7, 11) is 0. The van der Waals surface area contributed by atoms with Crippen LogP contribution in [0.15, 0.2) is 48.5 Å². The van der Waals surface area contributed by atoms with Gasteiger partial charge in [0.1, 0.15) is 17.1 Å². The SMILES string of the molecule is CCOc1ccccc1C(=O)Oc1ccc(C(=O)CC)cc1. The highest BCUT2D eigenvalue weighted by atomic mass is 16.5. The molecule has 0 unspecified atom stereocenters. The first kappa shape index (κ1) is 15.8. The number of hydrogen-bond donors (Lipinski definition) is 0. The monoisotopic (exact) mass is 298 g/mol. The van der Waals surface area contributed by atoms with Gasteiger partial charge in [0.2, 0.25) is 0 Å². The molecule has 0 fully saturated rings. The van der Waals surface area contributed by atoms with Crippen LogP contribution in [0.2, 0.25) is 0 Å². The number of Topliss-reactive ketones (excluding diaryl/α,β-unsaturated/α-hetero) is 1. The van der Waals surface area contributed by atoms with Crippen molar-refractivity contribution in [2.24, 2.45) is 0 Å². The second kappa shape index (κ2) is 7.41. The van der Waals surface area contributed by atoms with Gasteiger partial charge in [0.15, 0.2) is 5.78 Å². The molecule has 0 amide bonds. The second-order valence-corrected chi connectivity index (χ2v) is 4.62. The fraction of sp³-hybridized carbons (Fsp3) is 0.222. The van der Waals surface area contributed by atoms with E-state index in [1.54, 1.807) is 55.5 Å². The lowest BCUT2D eigenvalue weighted by Gasteiger charge is -2.09. The van der Waals surface area contributed by atoms with E-state index in [2.05, 4.69) is 0 Å². The van der Waals surface area contributed by atoms with E-state index in [-0.39, 0.29) is 5.78 Å². The van der Waals surface area contributed by atoms with Crippen LogP contribution >= 0.6 is 0 Å². The minimum absolute atomic E-state index is 0.0552. The van der Waals surface area contributed by atoms with Gasteiger partial charge in [-0.05, 0) is 43.3 Å². The summed E-state index contributed by atoms with van der Waals surface area (Å²) in [5.41, 5.74) is 0.982. The number of ketones is 1. The van der Waals surface area contributed by atoms with Crippen LogP contribution in [-0.4, -0.2) is 18.4 Å². The van der Waals surface area contributed by atoms with Crippen molar-refractivity contribution in [1.82, 2.24) is 0 Å². The van der Waals surface area contributed by atoms with Crippen molar-refractivity contribution in [2.75, 3.05) is 6.61 Å². The Morgan fingerprint density at radius 1 is 0.955 bits per heavy atom. The van der Waals surface area contributed by atoms with Gasteiger partial charge in [-0.2, -0.15) is 0 Å². The zero-order valence-electron chi connectivity index (χ0n) is 12.7. The molecule has 0 aliphatic carbocycles. The van der Waals surface area contributed by atoms with Crippen LogP contribution in [0.1, 0.15) is 41.0 Å². The van der Waals surface area contributed by atoms with Crippen LogP contribution in [-0.2, 0) is 0 Å². The molecule has 0 saturated heterocycles. The van der Waals surface area contributed by atoms with E-state index in [0.717, 1.165) is 0 Å². The first-order valence-corrected chi connectivity index (χ1v) is 7.23. The van der Waals surface area contributed by atoms with E-state index in [1.807, 2.05) is 6.92 Å². The van der Waals surface area contributed by atoms with Crippen LogP contribution in [0.5, 0.6) is 11.5 Å². The molecular formula is C18H18O4. The first-order valence-electron chi connectivity index (χ1n) is 7.23. The Balaban J connectivity index is 2.14. The minimum atomic E-state index is -0.487. The Morgan fingerprint density at radius 3 is 2.27 bits per heavy atom. The molecule has 0 aliphatic rings. The molecule has 4 nitrogen and oxygen atoms in total. The molecule has 0 aromatic heterocycles. The van der Waals surface area contributed by atoms with Crippen LogP contribution in [0.4, 0.5) is 0 Å². The molecule has 0 aliphatic heterocycles. The van der Waals surface area contributed by atoms with Crippen molar-refractivity contribution in [3.63, 3.8) is 0 Å². The number of hydrogen-bond acceptors (Lipinski definition) is 4. The molecule has 2 rings (SSSR count). The van der Waals surface area contributed by atoms with Gasteiger partial charge in [-0.15, -0.1) is 0 Å². The molecule has 0 bridgehead atoms. The van der Waals surface area contributed by atoms with Crippen molar-refractivity contribution in [1.29, 1.82) is 0 Å². The molecule has 0 saturated carbocycles. The van der Waals surface area contributed by atoms with E-state index in [4.69, 9.17) is 9.47 Å². The van der Waals surface area contributed by atoms with Gasteiger partial charge in [-0.3, -0.25) is 4.79 Å². The van der Waals surface area contributed by atoms with E-state index >= 15 is 0 Å². The van der Waals surface area contributed by atoms with Gasteiger partial charge < -0.3 is 9.47 Å². The molecule has 0 radical (unpaired) electrons. The Hall–Kier alpha value is -2.62. The maximum Gasteiger partial charge on any atom is 0.347 e. The lowest BCUT2D eigenvalue weighted by molar-refractivity contribution is 0.0730. The maximum absolute atomic E-state index is 12.2. The van der Waals surface area contributed by atoms with E-state index in [0.29, 0.717) is 35.7 Å². The van der Waals surface area contributed by atoms with Gasteiger partial charge in [0.05, 0.1) is 6.61 Å². The molecule has 0 atom stereocenters. The molecule has 0 spiro atoms. The molecular weight excluding hydrogens is 280 g/mol. The number of carbonyl (C=O) groups excluding carboxylic acids is 2. The summed E-state index contributed by atoms with van der Waals surface area (Å²) >= 11 is 0. The maximum atomic E-state index is 12.2. The van der Waals surface area contributed by atoms with E-state index in [9.17, 15) is 9.59 Å². The third kappa shape index (κ3) is 3.73. The predicted molar refractivity (Wildman–Crippen MR) is 83.6 cm³/mol. The summed E-state index contributed by atoms with van der Waals surface area (Å²) < 4.78 is 10.7. The highest BCUT2D eigenvalue weighted by Gasteiger charge is 2.14. The Bertz CT molecular complexity index is 659. The van der Waals surface area contributed by atoms with Crippen molar-refractivity contribution in [3.8, 4) is 11.5 Å². The molecule has 2 aromatic carbocycles. The van der Waals surface area contributed by atoms with Crippen LogP contribution in [0, 0.1) is 0 Å². The Kier molecular flexibility index (Phi) is 5.31. The standard InChI is InChI=1S/C18H18O4/c1-3-16(19)13-9-11-14(12-10-13)22-18(20)15-7-5-6-8-17(15)21-4-2/h5-12H,3-4H2,1-2H3.